The molecule has 0 unspecified atom stereocenters. The van der Waals surface area contributed by atoms with Gasteiger partial charge in [0, 0.05) is 32.7 Å². The summed E-state index contributed by atoms with van der Waals surface area (Å²) in [6.07, 6.45) is 8.23. The van der Waals surface area contributed by atoms with Crippen molar-refractivity contribution in [3.05, 3.63) is 0 Å². The van der Waals surface area contributed by atoms with Crippen molar-refractivity contribution in [1.82, 2.24) is 5.32 Å². The molecule has 0 spiro atoms. The Hall–Kier alpha value is -0.650. The maximum Gasteiger partial charge on any atom is 0.220 e. The van der Waals surface area contributed by atoms with Gasteiger partial charge in [0.2, 0.25) is 5.91 Å². The van der Waals surface area contributed by atoms with Crippen LogP contribution in [0.25, 0.3) is 0 Å². The first kappa shape index (κ1) is 18.4. The Balaban J connectivity index is 1.87. The number of nitrogens with two attached hydrogens (primary N) is 1. The standard InChI is InChI=1S/C16H32N2O3/c1-20-12-13-21-11-3-2-10-18-16(19)9-6-14-4-7-15(17)8-5-14/h14-15H,2-13,17H2,1H3,(H,18,19). The lowest BCUT2D eigenvalue weighted by Crippen LogP contribution is -2.28. The van der Waals surface area contributed by atoms with Crippen molar-refractivity contribution in [2.45, 2.75) is 57.4 Å². The summed E-state index contributed by atoms with van der Waals surface area (Å²) in [6, 6.07) is 0.390. The lowest BCUT2D eigenvalue weighted by molar-refractivity contribution is -0.121. The molecule has 1 rings (SSSR count). The van der Waals surface area contributed by atoms with Gasteiger partial charge in [-0.2, -0.15) is 0 Å². The number of nitrogens with one attached hydrogen (secondary N) is 1. The fourth-order valence-electron chi connectivity index (χ4n) is 2.70. The van der Waals surface area contributed by atoms with Gasteiger partial charge in [-0.15, -0.1) is 0 Å². The Labute approximate surface area is 128 Å². The van der Waals surface area contributed by atoms with Gasteiger partial charge in [0.25, 0.3) is 0 Å². The van der Waals surface area contributed by atoms with E-state index in [1.54, 1.807) is 7.11 Å². The van der Waals surface area contributed by atoms with Crippen LogP contribution in [0.1, 0.15) is 51.4 Å². The van der Waals surface area contributed by atoms with Crippen molar-refractivity contribution in [2.24, 2.45) is 11.7 Å². The molecule has 0 aromatic carbocycles. The highest BCUT2D eigenvalue weighted by molar-refractivity contribution is 5.75. The second-order valence-corrected chi connectivity index (χ2v) is 5.98. The number of unbranched alkanes of at least 4 members (excludes halogenated alkanes) is 1. The number of carbonyl (C=O) groups excluding carboxylic acids is 1. The molecule has 0 atom stereocenters. The summed E-state index contributed by atoms with van der Waals surface area (Å²) in [7, 11) is 1.67. The third kappa shape index (κ3) is 9.82. The fourth-order valence-corrected chi connectivity index (χ4v) is 2.70. The number of ether oxygens (including phenoxy) is 2. The van der Waals surface area contributed by atoms with Crippen LogP contribution in [0.4, 0.5) is 0 Å². The minimum Gasteiger partial charge on any atom is -0.382 e. The summed E-state index contributed by atoms with van der Waals surface area (Å²) in [5.41, 5.74) is 5.89. The first-order chi connectivity index (χ1) is 10.2. The summed E-state index contributed by atoms with van der Waals surface area (Å²) in [5.74, 6) is 0.884. The number of carbonyl (C=O) groups is 1. The van der Waals surface area contributed by atoms with Crippen LogP contribution in [0.15, 0.2) is 0 Å². The number of rotatable bonds is 11. The average Bonchev–Trinajstić information content (AvgIpc) is 2.49. The monoisotopic (exact) mass is 300 g/mol. The topological polar surface area (TPSA) is 73.6 Å². The highest BCUT2D eigenvalue weighted by Crippen LogP contribution is 2.26. The second-order valence-electron chi connectivity index (χ2n) is 5.98. The van der Waals surface area contributed by atoms with Gasteiger partial charge in [-0.05, 0) is 50.9 Å². The van der Waals surface area contributed by atoms with Gasteiger partial charge < -0.3 is 20.5 Å². The Kier molecular flexibility index (Phi) is 10.5. The minimum atomic E-state index is 0.185. The van der Waals surface area contributed by atoms with Gasteiger partial charge in [0.15, 0.2) is 0 Å². The molecular weight excluding hydrogens is 268 g/mol. The fraction of sp³-hybridized carbons (Fsp3) is 0.938. The van der Waals surface area contributed by atoms with E-state index in [1.807, 2.05) is 0 Å². The molecule has 1 saturated carbocycles. The summed E-state index contributed by atoms with van der Waals surface area (Å²) in [5, 5.41) is 2.99. The van der Waals surface area contributed by atoms with Crippen molar-refractivity contribution in [1.29, 1.82) is 0 Å². The first-order valence-corrected chi connectivity index (χ1v) is 8.31. The highest BCUT2D eigenvalue weighted by atomic mass is 16.5. The van der Waals surface area contributed by atoms with Crippen LogP contribution in [0.3, 0.4) is 0 Å². The molecule has 21 heavy (non-hydrogen) atoms. The Morgan fingerprint density at radius 1 is 1.14 bits per heavy atom. The molecular formula is C16H32N2O3. The van der Waals surface area contributed by atoms with E-state index < -0.39 is 0 Å². The zero-order valence-corrected chi connectivity index (χ0v) is 13.4. The van der Waals surface area contributed by atoms with Crippen LogP contribution in [-0.2, 0) is 14.3 Å². The van der Waals surface area contributed by atoms with Crippen molar-refractivity contribution < 1.29 is 14.3 Å². The molecule has 0 bridgehead atoms. The van der Waals surface area contributed by atoms with E-state index in [0.717, 1.165) is 45.3 Å². The van der Waals surface area contributed by atoms with Crippen molar-refractivity contribution in [3.63, 3.8) is 0 Å². The molecule has 0 heterocycles. The zero-order valence-electron chi connectivity index (χ0n) is 13.4. The predicted molar refractivity (Wildman–Crippen MR) is 84.1 cm³/mol. The van der Waals surface area contributed by atoms with E-state index in [-0.39, 0.29) is 5.91 Å². The Morgan fingerprint density at radius 2 is 1.90 bits per heavy atom. The van der Waals surface area contributed by atoms with Crippen LogP contribution in [0.5, 0.6) is 0 Å². The first-order valence-electron chi connectivity index (χ1n) is 8.31. The molecule has 124 valence electrons. The zero-order chi connectivity index (χ0) is 15.3. The van der Waals surface area contributed by atoms with Crippen molar-refractivity contribution in [3.8, 4) is 0 Å². The second kappa shape index (κ2) is 12.0. The highest BCUT2D eigenvalue weighted by Gasteiger charge is 2.18. The van der Waals surface area contributed by atoms with Crippen LogP contribution >= 0.6 is 0 Å². The molecule has 0 aliphatic heterocycles. The molecule has 5 nitrogen and oxygen atoms in total. The van der Waals surface area contributed by atoms with Gasteiger partial charge in [-0.25, -0.2) is 0 Å². The molecule has 1 aliphatic rings. The maximum atomic E-state index is 11.7. The van der Waals surface area contributed by atoms with E-state index in [2.05, 4.69) is 5.32 Å². The van der Waals surface area contributed by atoms with Crippen molar-refractivity contribution >= 4 is 5.91 Å². The summed E-state index contributed by atoms with van der Waals surface area (Å²) in [4.78, 5) is 11.7. The lowest BCUT2D eigenvalue weighted by Gasteiger charge is -2.25. The van der Waals surface area contributed by atoms with E-state index in [4.69, 9.17) is 15.2 Å². The van der Waals surface area contributed by atoms with Gasteiger partial charge in [-0.1, -0.05) is 0 Å². The minimum absolute atomic E-state index is 0.185. The van der Waals surface area contributed by atoms with Crippen LogP contribution < -0.4 is 11.1 Å². The van der Waals surface area contributed by atoms with Crippen LogP contribution in [0, 0.1) is 5.92 Å². The maximum absolute atomic E-state index is 11.7. The summed E-state index contributed by atoms with van der Waals surface area (Å²) in [6.45, 7) is 2.78. The Morgan fingerprint density at radius 3 is 2.62 bits per heavy atom. The third-order valence-corrected chi connectivity index (χ3v) is 4.14. The van der Waals surface area contributed by atoms with Gasteiger partial charge in [-0.3, -0.25) is 4.79 Å². The molecule has 1 amide bonds. The molecule has 3 N–H and O–H groups in total. The van der Waals surface area contributed by atoms with Crippen LogP contribution in [-0.4, -0.2) is 45.4 Å². The smallest absolute Gasteiger partial charge is 0.220 e. The SMILES string of the molecule is COCCOCCCCNC(=O)CCC1CCC(N)CC1. The van der Waals surface area contributed by atoms with E-state index in [1.165, 1.54) is 12.8 Å². The summed E-state index contributed by atoms with van der Waals surface area (Å²) < 4.78 is 10.3. The number of methoxy groups -OCH3 is 1. The molecule has 0 aromatic rings. The molecule has 1 aliphatic carbocycles. The van der Waals surface area contributed by atoms with Crippen molar-refractivity contribution in [2.75, 3.05) is 33.5 Å². The van der Waals surface area contributed by atoms with Gasteiger partial charge >= 0.3 is 0 Å². The molecule has 0 saturated heterocycles. The summed E-state index contributed by atoms with van der Waals surface area (Å²) >= 11 is 0. The average molecular weight is 300 g/mol. The largest absolute Gasteiger partial charge is 0.382 e. The quantitative estimate of drug-likeness (QED) is 0.571. The number of hydrogen-bond donors (Lipinski definition) is 2. The molecule has 1 fully saturated rings. The van der Waals surface area contributed by atoms with E-state index >= 15 is 0 Å². The third-order valence-electron chi connectivity index (χ3n) is 4.14. The Bertz CT molecular complexity index is 266. The lowest BCUT2D eigenvalue weighted by atomic mass is 9.84. The van der Waals surface area contributed by atoms with E-state index in [0.29, 0.717) is 31.6 Å². The number of hydrogen-bond acceptors (Lipinski definition) is 4. The van der Waals surface area contributed by atoms with Crippen LogP contribution in [0.2, 0.25) is 0 Å². The van der Waals surface area contributed by atoms with E-state index in [9.17, 15) is 4.79 Å². The normalized spacial score (nSPS) is 22.2. The van der Waals surface area contributed by atoms with Gasteiger partial charge in [0.05, 0.1) is 13.2 Å². The molecule has 0 radical (unpaired) electrons. The molecule has 0 aromatic heterocycles. The number of amides is 1. The molecule has 5 heteroatoms. The van der Waals surface area contributed by atoms with Gasteiger partial charge in [0.1, 0.15) is 0 Å². The predicted octanol–water partition coefficient (Wildman–Crippen LogP) is 1.84.